The third-order valence-electron chi connectivity index (χ3n) is 1.98. The molecule has 0 radical (unpaired) electrons. The molecule has 1 aliphatic heterocycles. The van der Waals surface area contributed by atoms with Crippen molar-refractivity contribution in [3.8, 4) is 0 Å². The minimum atomic E-state index is 0.268. The molecule has 1 fully saturated rings. The largest absolute Gasteiger partial charge is 0.396 e. The molecular formula is C8H16O3. The van der Waals surface area contributed by atoms with Crippen LogP contribution >= 0.6 is 0 Å². The van der Waals surface area contributed by atoms with E-state index in [1.165, 1.54) is 0 Å². The fourth-order valence-corrected chi connectivity index (χ4v) is 1.10. The fourth-order valence-electron chi connectivity index (χ4n) is 1.10. The Bertz CT molecular complexity index is 99.5. The number of rotatable bonds is 4. The first-order valence-corrected chi connectivity index (χ1v) is 4.13. The Morgan fingerprint density at radius 3 is 3.00 bits per heavy atom. The predicted octanol–water partition coefficient (Wildman–Crippen LogP) is 0.768. The van der Waals surface area contributed by atoms with Gasteiger partial charge in [-0.1, -0.05) is 6.92 Å². The van der Waals surface area contributed by atoms with E-state index in [2.05, 4.69) is 0 Å². The fraction of sp³-hybridized carbons (Fsp3) is 1.00. The minimum absolute atomic E-state index is 0.268. The van der Waals surface area contributed by atoms with Gasteiger partial charge in [0.2, 0.25) is 0 Å². The SMILES string of the molecule is CC(CO)CCC1COCO1. The highest BCUT2D eigenvalue weighted by Gasteiger charge is 2.16. The molecule has 1 rings (SSSR count). The Morgan fingerprint density at radius 2 is 2.45 bits per heavy atom. The van der Waals surface area contributed by atoms with Crippen molar-refractivity contribution in [1.29, 1.82) is 0 Å². The molecular weight excluding hydrogens is 144 g/mol. The van der Waals surface area contributed by atoms with Gasteiger partial charge in [0.1, 0.15) is 6.79 Å². The summed E-state index contributed by atoms with van der Waals surface area (Å²) in [5.74, 6) is 0.388. The maximum absolute atomic E-state index is 8.74. The average molecular weight is 160 g/mol. The summed E-state index contributed by atoms with van der Waals surface area (Å²) < 4.78 is 10.3. The lowest BCUT2D eigenvalue weighted by molar-refractivity contribution is 0.0423. The van der Waals surface area contributed by atoms with Crippen molar-refractivity contribution in [3.05, 3.63) is 0 Å². The third-order valence-corrected chi connectivity index (χ3v) is 1.98. The van der Waals surface area contributed by atoms with Crippen LogP contribution in [-0.2, 0) is 9.47 Å². The smallest absolute Gasteiger partial charge is 0.147 e. The van der Waals surface area contributed by atoms with Crippen LogP contribution in [0.25, 0.3) is 0 Å². The quantitative estimate of drug-likeness (QED) is 0.660. The standard InChI is InChI=1S/C8H16O3/c1-7(4-9)2-3-8-5-10-6-11-8/h7-9H,2-6H2,1H3. The molecule has 0 amide bonds. The average Bonchev–Trinajstić information content (AvgIpc) is 2.52. The van der Waals surface area contributed by atoms with Crippen LogP contribution in [-0.4, -0.2) is 31.2 Å². The molecule has 0 aromatic carbocycles. The lowest BCUT2D eigenvalue weighted by Crippen LogP contribution is -2.12. The first-order chi connectivity index (χ1) is 5.33. The molecule has 1 aliphatic rings. The van der Waals surface area contributed by atoms with Crippen molar-refractivity contribution in [2.24, 2.45) is 5.92 Å². The molecule has 2 unspecified atom stereocenters. The van der Waals surface area contributed by atoms with Gasteiger partial charge in [0.15, 0.2) is 0 Å². The zero-order chi connectivity index (χ0) is 8.10. The minimum Gasteiger partial charge on any atom is -0.396 e. The van der Waals surface area contributed by atoms with Crippen LogP contribution in [0.1, 0.15) is 19.8 Å². The van der Waals surface area contributed by atoms with Crippen LogP contribution in [0.5, 0.6) is 0 Å². The second-order valence-electron chi connectivity index (χ2n) is 3.14. The highest BCUT2D eigenvalue weighted by atomic mass is 16.7. The molecule has 3 nitrogen and oxygen atoms in total. The summed E-state index contributed by atoms with van der Waals surface area (Å²) in [4.78, 5) is 0. The van der Waals surface area contributed by atoms with Crippen molar-refractivity contribution < 1.29 is 14.6 Å². The molecule has 11 heavy (non-hydrogen) atoms. The molecule has 0 spiro atoms. The van der Waals surface area contributed by atoms with Gasteiger partial charge in [0.25, 0.3) is 0 Å². The van der Waals surface area contributed by atoms with Gasteiger partial charge in [0.05, 0.1) is 12.7 Å². The summed E-state index contributed by atoms with van der Waals surface area (Å²) in [6.45, 7) is 3.47. The summed E-state index contributed by atoms with van der Waals surface area (Å²) in [6.07, 6.45) is 2.29. The van der Waals surface area contributed by atoms with E-state index in [0.717, 1.165) is 19.4 Å². The van der Waals surface area contributed by atoms with Crippen molar-refractivity contribution in [2.45, 2.75) is 25.9 Å². The molecule has 1 N–H and O–H groups in total. The van der Waals surface area contributed by atoms with Crippen LogP contribution in [0.2, 0.25) is 0 Å². The van der Waals surface area contributed by atoms with Crippen LogP contribution in [0.15, 0.2) is 0 Å². The Hall–Kier alpha value is -0.120. The van der Waals surface area contributed by atoms with Gasteiger partial charge in [0, 0.05) is 6.61 Å². The second kappa shape index (κ2) is 4.70. The normalized spacial score (nSPS) is 27.3. The number of aliphatic hydroxyl groups excluding tert-OH is 1. The molecule has 2 atom stereocenters. The Balaban J connectivity index is 2.01. The van der Waals surface area contributed by atoms with Crippen molar-refractivity contribution in [1.82, 2.24) is 0 Å². The van der Waals surface area contributed by atoms with E-state index in [-0.39, 0.29) is 12.7 Å². The van der Waals surface area contributed by atoms with Crippen LogP contribution in [0, 0.1) is 5.92 Å². The highest BCUT2D eigenvalue weighted by molar-refractivity contribution is 4.62. The molecule has 1 heterocycles. The van der Waals surface area contributed by atoms with Crippen molar-refractivity contribution in [3.63, 3.8) is 0 Å². The summed E-state index contributed by atoms with van der Waals surface area (Å²) in [7, 11) is 0. The lowest BCUT2D eigenvalue weighted by Gasteiger charge is -2.10. The summed E-state index contributed by atoms with van der Waals surface area (Å²) >= 11 is 0. The third kappa shape index (κ3) is 3.18. The number of hydrogen-bond acceptors (Lipinski definition) is 3. The van der Waals surface area contributed by atoms with Gasteiger partial charge in [-0.2, -0.15) is 0 Å². The van der Waals surface area contributed by atoms with E-state index in [1.54, 1.807) is 0 Å². The van der Waals surface area contributed by atoms with Gasteiger partial charge in [-0.3, -0.25) is 0 Å². The Kier molecular flexibility index (Phi) is 3.83. The summed E-state index contributed by atoms with van der Waals surface area (Å²) in [6, 6.07) is 0. The van der Waals surface area contributed by atoms with Crippen LogP contribution in [0.4, 0.5) is 0 Å². The zero-order valence-corrected chi connectivity index (χ0v) is 6.95. The van der Waals surface area contributed by atoms with Crippen molar-refractivity contribution >= 4 is 0 Å². The molecule has 0 bridgehead atoms. The first-order valence-electron chi connectivity index (χ1n) is 4.13. The monoisotopic (exact) mass is 160 g/mol. The number of ether oxygens (including phenoxy) is 2. The predicted molar refractivity (Wildman–Crippen MR) is 41.2 cm³/mol. The second-order valence-corrected chi connectivity index (χ2v) is 3.14. The van der Waals surface area contributed by atoms with Crippen LogP contribution in [0.3, 0.4) is 0 Å². The molecule has 1 saturated heterocycles. The highest BCUT2D eigenvalue weighted by Crippen LogP contribution is 2.13. The number of hydrogen-bond donors (Lipinski definition) is 1. The van der Waals surface area contributed by atoms with E-state index in [1.807, 2.05) is 6.92 Å². The van der Waals surface area contributed by atoms with E-state index < -0.39 is 0 Å². The summed E-state index contributed by atoms with van der Waals surface area (Å²) in [5, 5.41) is 8.74. The molecule has 3 heteroatoms. The molecule has 66 valence electrons. The maximum Gasteiger partial charge on any atom is 0.147 e. The summed E-state index contributed by atoms with van der Waals surface area (Å²) in [5.41, 5.74) is 0. The maximum atomic E-state index is 8.74. The van der Waals surface area contributed by atoms with Crippen molar-refractivity contribution in [2.75, 3.05) is 20.0 Å². The van der Waals surface area contributed by atoms with Crippen LogP contribution < -0.4 is 0 Å². The van der Waals surface area contributed by atoms with Gasteiger partial charge in [-0.05, 0) is 18.8 Å². The van der Waals surface area contributed by atoms with E-state index in [9.17, 15) is 0 Å². The van der Waals surface area contributed by atoms with E-state index >= 15 is 0 Å². The van der Waals surface area contributed by atoms with E-state index in [0.29, 0.717) is 12.7 Å². The topological polar surface area (TPSA) is 38.7 Å². The van der Waals surface area contributed by atoms with Gasteiger partial charge in [-0.15, -0.1) is 0 Å². The van der Waals surface area contributed by atoms with E-state index in [4.69, 9.17) is 14.6 Å². The Morgan fingerprint density at radius 1 is 1.64 bits per heavy atom. The van der Waals surface area contributed by atoms with Gasteiger partial charge < -0.3 is 14.6 Å². The molecule has 0 aliphatic carbocycles. The first kappa shape index (κ1) is 8.97. The lowest BCUT2D eigenvalue weighted by atomic mass is 10.0. The molecule has 0 aromatic heterocycles. The van der Waals surface area contributed by atoms with Gasteiger partial charge in [-0.25, -0.2) is 0 Å². The number of aliphatic hydroxyl groups is 1. The Labute approximate surface area is 67.3 Å². The van der Waals surface area contributed by atoms with Gasteiger partial charge >= 0.3 is 0 Å². The molecule has 0 saturated carbocycles. The molecule has 0 aromatic rings. The zero-order valence-electron chi connectivity index (χ0n) is 6.95.